The Labute approximate surface area is 152 Å². The average molecular weight is 354 g/mol. The van der Waals surface area contributed by atoms with E-state index in [0.717, 1.165) is 46.7 Å². The molecule has 3 rings (SSSR count). The molecule has 0 bridgehead atoms. The molecule has 0 fully saturated rings. The summed E-state index contributed by atoms with van der Waals surface area (Å²) < 4.78 is 0. The lowest BCUT2D eigenvalue weighted by atomic mass is 10.1. The van der Waals surface area contributed by atoms with Crippen LogP contribution >= 0.6 is 0 Å². The average Bonchev–Trinajstić information content (AvgIpc) is 3.18. The van der Waals surface area contributed by atoms with Gasteiger partial charge in [0.2, 0.25) is 5.91 Å². The third-order valence-corrected chi connectivity index (χ3v) is 4.90. The Balaban J connectivity index is 1.54. The summed E-state index contributed by atoms with van der Waals surface area (Å²) in [6, 6.07) is 3.46. The first-order valence-corrected chi connectivity index (χ1v) is 8.88. The van der Waals surface area contributed by atoms with Gasteiger partial charge in [-0.3, -0.25) is 9.89 Å². The predicted octanol–water partition coefficient (Wildman–Crippen LogP) is 2.27. The zero-order valence-electron chi connectivity index (χ0n) is 15.7. The SMILES string of the molecule is Cc1ccc2[nH]c(CCCNC(=O)[C@H](N)c3c(C)n[nH]c3C)nc2c1C. The molecule has 0 spiro atoms. The van der Waals surface area contributed by atoms with Crippen molar-refractivity contribution in [3.63, 3.8) is 0 Å². The van der Waals surface area contributed by atoms with Gasteiger partial charge in [-0.15, -0.1) is 0 Å². The minimum atomic E-state index is -0.703. The van der Waals surface area contributed by atoms with Crippen LogP contribution in [0.2, 0.25) is 0 Å². The highest BCUT2D eigenvalue weighted by atomic mass is 16.2. The second-order valence-corrected chi connectivity index (χ2v) is 6.81. The van der Waals surface area contributed by atoms with E-state index >= 15 is 0 Å². The Hall–Kier alpha value is -2.67. The molecule has 1 amide bonds. The molecule has 0 aliphatic heterocycles. The van der Waals surface area contributed by atoms with Gasteiger partial charge in [0.1, 0.15) is 11.9 Å². The Morgan fingerprint density at radius 3 is 2.73 bits per heavy atom. The Kier molecular flexibility index (Phi) is 5.08. The van der Waals surface area contributed by atoms with Gasteiger partial charge >= 0.3 is 0 Å². The van der Waals surface area contributed by atoms with E-state index < -0.39 is 6.04 Å². The molecule has 7 nitrogen and oxygen atoms in total. The molecule has 0 aliphatic rings. The van der Waals surface area contributed by atoms with Crippen molar-refractivity contribution in [2.45, 2.75) is 46.6 Å². The highest BCUT2D eigenvalue weighted by molar-refractivity contribution is 5.83. The third kappa shape index (κ3) is 3.48. The first-order chi connectivity index (χ1) is 12.4. The summed E-state index contributed by atoms with van der Waals surface area (Å²) in [7, 11) is 0. The summed E-state index contributed by atoms with van der Waals surface area (Å²) in [6.45, 7) is 8.44. The monoisotopic (exact) mass is 354 g/mol. The number of aromatic amines is 2. The van der Waals surface area contributed by atoms with Gasteiger partial charge in [0.05, 0.1) is 16.7 Å². The van der Waals surface area contributed by atoms with Crippen LogP contribution in [0, 0.1) is 27.7 Å². The van der Waals surface area contributed by atoms with Gasteiger partial charge in [0.15, 0.2) is 0 Å². The molecule has 1 aromatic carbocycles. The molecule has 2 heterocycles. The largest absolute Gasteiger partial charge is 0.354 e. The van der Waals surface area contributed by atoms with E-state index in [0.29, 0.717) is 6.54 Å². The van der Waals surface area contributed by atoms with Crippen molar-refractivity contribution < 1.29 is 4.79 Å². The van der Waals surface area contributed by atoms with Gasteiger partial charge < -0.3 is 16.0 Å². The maximum atomic E-state index is 12.3. The maximum absolute atomic E-state index is 12.3. The number of aryl methyl sites for hydroxylation is 5. The minimum Gasteiger partial charge on any atom is -0.354 e. The summed E-state index contributed by atoms with van der Waals surface area (Å²) in [5.41, 5.74) is 13.0. The van der Waals surface area contributed by atoms with Crippen molar-refractivity contribution in [1.82, 2.24) is 25.5 Å². The Morgan fingerprint density at radius 1 is 1.27 bits per heavy atom. The number of imidazole rings is 1. The van der Waals surface area contributed by atoms with Crippen molar-refractivity contribution in [2.75, 3.05) is 6.54 Å². The van der Waals surface area contributed by atoms with Crippen molar-refractivity contribution in [3.8, 4) is 0 Å². The molecule has 0 aliphatic carbocycles. The van der Waals surface area contributed by atoms with Crippen LogP contribution < -0.4 is 11.1 Å². The molecule has 0 saturated carbocycles. The molecule has 5 N–H and O–H groups in total. The van der Waals surface area contributed by atoms with E-state index in [-0.39, 0.29) is 5.91 Å². The van der Waals surface area contributed by atoms with Gasteiger partial charge in [0.25, 0.3) is 0 Å². The fourth-order valence-electron chi connectivity index (χ4n) is 3.21. The van der Waals surface area contributed by atoms with Gasteiger partial charge in [-0.2, -0.15) is 5.10 Å². The van der Waals surface area contributed by atoms with E-state index in [9.17, 15) is 4.79 Å². The minimum absolute atomic E-state index is 0.186. The normalized spacial score (nSPS) is 12.5. The number of H-pyrrole nitrogens is 2. The first kappa shape index (κ1) is 18.1. The summed E-state index contributed by atoms with van der Waals surface area (Å²) >= 11 is 0. The third-order valence-electron chi connectivity index (χ3n) is 4.90. The number of hydrogen-bond donors (Lipinski definition) is 4. The van der Waals surface area contributed by atoms with Crippen molar-refractivity contribution in [1.29, 1.82) is 0 Å². The number of benzene rings is 1. The number of rotatable bonds is 6. The van der Waals surface area contributed by atoms with Crippen molar-refractivity contribution in [3.05, 3.63) is 46.0 Å². The van der Waals surface area contributed by atoms with Crippen LogP contribution in [0.3, 0.4) is 0 Å². The lowest BCUT2D eigenvalue weighted by Crippen LogP contribution is -2.35. The fraction of sp³-hybridized carbons (Fsp3) is 0.421. The number of carbonyl (C=O) groups is 1. The second kappa shape index (κ2) is 7.29. The lowest BCUT2D eigenvalue weighted by Gasteiger charge is -2.12. The molecule has 7 heteroatoms. The van der Waals surface area contributed by atoms with E-state index in [1.807, 2.05) is 13.8 Å². The fourth-order valence-corrected chi connectivity index (χ4v) is 3.21. The number of nitrogens with zero attached hydrogens (tertiary/aromatic N) is 2. The Morgan fingerprint density at radius 2 is 2.04 bits per heavy atom. The quantitative estimate of drug-likeness (QED) is 0.509. The van der Waals surface area contributed by atoms with Crippen LogP contribution in [0.15, 0.2) is 12.1 Å². The summed E-state index contributed by atoms with van der Waals surface area (Å²) in [6.07, 6.45) is 1.56. The van der Waals surface area contributed by atoms with Gasteiger partial charge in [-0.25, -0.2) is 4.98 Å². The molecule has 2 aromatic heterocycles. The summed E-state index contributed by atoms with van der Waals surface area (Å²) in [5.74, 6) is 0.752. The number of carbonyl (C=O) groups excluding carboxylic acids is 1. The molecule has 138 valence electrons. The van der Waals surface area contributed by atoms with Crippen LogP contribution in [-0.4, -0.2) is 32.6 Å². The number of hydrogen-bond acceptors (Lipinski definition) is 4. The van der Waals surface area contributed by atoms with Crippen LogP contribution in [0.1, 0.15) is 46.4 Å². The van der Waals surface area contributed by atoms with Crippen LogP contribution in [0.5, 0.6) is 0 Å². The summed E-state index contributed by atoms with van der Waals surface area (Å²) in [5, 5.41) is 9.85. The second-order valence-electron chi connectivity index (χ2n) is 6.81. The first-order valence-electron chi connectivity index (χ1n) is 8.88. The zero-order chi connectivity index (χ0) is 18.8. The number of aromatic nitrogens is 4. The number of nitrogens with one attached hydrogen (secondary N) is 3. The van der Waals surface area contributed by atoms with Crippen molar-refractivity contribution >= 4 is 16.9 Å². The number of fused-ring (bicyclic) bond motifs is 1. The van der Waals surface area contributed by atoms with E-state index in [2.05, 4.69) is 51.5 Å². The topological polar surface area (TPSA) is 112 Å². The predicted molar refractivity (Wildman–Crippen MR) is 102 cm³/mol. The molecule has 0 radical (unpaired) electrons. The molecular weight excluding hydrogens is 328 g/mol. The number of amides is 1. The van der Waals surface area contributed by atoms with Gasteiger partial charge in [-0.1, -0.05) is 6.07 Å². The van der Waals surface area contributed by atoms with E-state index in [1.165, 1.54) is 11.1 Å². The van der Waals surface area contributed by atoms with Gasteiger partial charge in [-0.05, 0) is 51.3 Å². The summed E-state index contributed by atoms with van der Waals surface area (Å²) in [4.78, 5) is 20.3. The van der Waals surface area contributed by atoms with Crippen LogP contribution in [-0.2, 0) is 11.2 Å². The van der Waals surface area contributed by atoms with Crippen LogP contribution in [0.4, 0.5) is 0 Å². The molecule has 26 heavy (non-hydrogen) atoms. The molecule has 3 aromatic rings. The smallest absolute Gasteiger partial charge is 0.241 e. The molecular formula is C19H26N6O. The maximum Gasteiger partial charge on any atom is 0.241 e. The lowest BCUT2D eigenvalue weighted by molar-refractivity contribution is -0.122. The van der Waals surface area contributed by atoms with E-state index in [4.69, 9.17) is 5.73 Å². The standard InChI is InChI=1S/C19H26N6O/c1-10-7-8-14-18(11(10)2)23-15(22-14)6-5-9-21-19(26)17(20)16-12(3)24-25-13(16)4/h7-8,17H,5-6,9,20H2,1-4H3,(H,21,26)(H,22,23)(H,24,25)/t17-/m1/s1. The van der Waals surface area contributed by atoms with Crippen LogP contribution in [0.25, 0.3) is 11.0 Å². The van der Waals surface area contributed by atoms with Crippen molar-refractivity contribution in [2.24, 2.45) is 5.73 Å². The highest BCUT2D eigenvalue weighted by Crippen LogP contribution is 2.20. The highest BCUT2D eigenvalue weighted by Gasteiger charge is 2.21. The number of nitrogens with two attached hydrogens (primary N) is 1. The molecule has 1 atom stereocenters. The Bertz CT molecular complexity index is 920. The zero-order valence-corrected chi connectivity index (χ0v) is 15.7. The van der Waals surface area contributed by atoms with E-state index in [1.54, 1.807) is 0 Å². The molecule has 0 saturated heterocycles. The van der Waals surface area contributed by atoms with Gasteiger partial charge in [0, 0.05) is 24.2 Å². The molecule has 0 unspecified atom stereocenters.